The highest BCUT2D eigenvalue weighted by atomic mass is 79.9. The summed E-state index contributed by atoms with van der Waals surface area (Å²) in [6.07, 6.45) is 3.67. The fourth-order valence-electron chi connectivity index (χ4n) is 1.67. The Hall–Kier alpha value is -1.03. The van der Waals surface area contributed by atoms with Crippen LogP contribution in [0.1, 0.15) is 36.0 Å². The Morgan fingerprint density at radius 2 is 1.67 bits per heavy atom. The molecule has 1 aromatic carbocycles. The third-order valence-electron chi connectivity index (χ3n) is 2.71. The molecular formula is C14H19BrO3. The molecule has 0 aliphatic carbocycles. The third kappa shape index (κ3) is 4.69. The number of hydrogen-bond acceptors (Lipinski definition) is 3. The summed E-state index contributed by atoms with van der Waals surface area (Å²) in [6, 6.07) is 5.28. The first-order chi connectivity index (χ1) is 8.71. The van der Waals surface area contributed by atoms with Crippen molar-refractivity contribution in [2.45, 2.75) is 25.7 Å². The predicted molar refractivity (Wildman–Crippen MR) is 76.1 cm³/mol. The number of ketones is 1. The van der Waals surface area contributed by atoms with Gasteiger partial charge in [0.05, 0.1) is 14.2 Å². The molecule has 0 radical (unpaired) electrons. The fourth-order valence-corrected chi connectivity index (χ4v) is 2.07. The molecule has 0 spiro atoms. The number of rotatable bonds is 8. The number of carbonyl (C=O) groups excluding carboxylic acids is 1. The molecule has 0 aliphatic heterocycles. The number of hydrogen-bond donors (Lipinski definition) is 0. The van der Waals surface area contributed by atoms with Gasteiger partial charge in [0.1, 0.15) is 11.5 Å². The minimum absolute atomic E-state index is 0.141. The van der Waals surface area contributed by atoms with E-state index in [9.17, 15) is 4.79 Å². The van der Waals surface area contributed by atoms with Crippen molar-refractivity contribution in [3.05, 3.63) is 23.8 Å². The summed E-state index contributed by atoms with van der Waals surface area (Å²) >= 11 is 3.38. The van der Waals surface area contributed by atoms with Gasteiger partial charge < -0.3 is 9.47 Å². The molecule has 100 valence electrons. The molecule has 0 fully saturated rings. The standard InChI is InChI=1S/C14H19BrO3/c1-17-12-8-11(9-13(10-12)18-2)14(16)6-4-3-5-7-15/h8-10H,3-7H2,1-2H3. The van der Waals surface area contributed by atoms with Crippen LogP contribution >= 0.6 is 15.9 Å². The first kappa shape index (κ1) is 15.0. The van der Waals surface area contributed by atoms with Gasteiger partial charge in [-0.25, -0.2) is 0 Å². The molecule has 0 N–H and O–H groups in total. The van der Waals surface area contributed by atoms with E-state index in [1.807, 2.05) is 0 Å². The van der Waals surface area contributed by atoms with Gasteiger partial charge in [0.2, 0.25) is 0 Å². The molecule has 0 heterocycles. The Labute approximate surface area is 117 Å². The quantitative estimate of drug-likeness (QED) is 0.415. The van der Waals surface area contributed by atoms with Crippen LogP contribution in [0, 0.1) is 0 Å². The Morgan fingerprint density at radius 3 is 2.17 bits per heavy atom. The summed E-state index contributed by atoms with van der Waals surface area (Å²) in [6.45, 7) is 0. The van der Waals surface area contributed by atoms with E-state index in [0.29, 0.717) is 23.5 Å². The zero-order valence-electron chi connectivity index (χ0n) is 10.9. The van der Waals surface area contributed by atoms with Crippen LogP contribution in [0.5, 0.6) is 11.5 Å². The zero-order chi connectivity index (χ0) is 13.4. The molecular weight excluding hydrogens is 296 g/mol. The summed E-state index contributed by atoms with van der Waals surface area (Å²) in [5.41, 5.74) is 0.657. The van der Waals surface area contributed by atoms with Crippen LogP contribution in [0.15, 0.2) is 18.2 Å². The maximum atomic E-state index is 12.0. The highest BCUT2D eigenvalue weighted by Crippen LogP contribution is 2.23. The molecule has 0 unspecified atom stereocenters. The Morgan fingerprint density at radius 1 is 1.06 bits per heavy atom. The number of halogens is 1. The molecule has 18 heavy (non-hydrogen) atoms. The van der Waals surface area contributed by atoms with E-state index in [1.54, 1.807) is 32.4 Å². The molecule has 0 aliphatic rings. The summed E-state index contributed by atoms with van der Waals surface area (Å²) in [7, 11) is 3.16. The average molecular weight is 315 g/mol. The minimum Gasteiger partial charge on any atom is -0.497 e. The van der Waals surface area contributed by atoms with Gasteiger partial charge in [-0.3, -0.25) is 4.79 Å². The minimum atomic E-state index is 0.141. The average Bonchev–Trinajstić information content (AvgIpc) is 2.42. The number of benzene rings is 1. The molecule has 4 heteroatoms. The van der Waals surface area contributed by atoms with Crippen molar-refractivity contribution >= 4 is 21.7 Å². The van der Waals surface area contributed by atoms with Crippen LogP contribution in [-0.2, 0) is 0 Å². The molecule has 0 saturated carbocycles. The third-order valence-corrected chi connectivity index (χ3v) is 3.27. The van der Waals surface area contributed by atoms with Gasteiger partial charge >= 0.3 is 0 Å². The van der Waals surface area contributed by atoms with Gasteiger partial charge in [0.25, 0.3) is 0 Å². The van der Waals surface area contributed by atoms with Crippen LogP contribution in [0.3, 0.4) is 0 Å². The molecule has 0 saturated heterocycles. The van der Waals surface area contributed by atoms with Gasteiger partial charge in [-0.15, -0.1) is 0 Å². The molecule has 1 rings (SSSR count). The zero-order valence-corrected chi connectivity index (χ0v) is 12.5. The van der Waals surface area contributed by atoms with Gasteiger partial charge in [0, 0.05) is 23.4 Å². The van der Waals surface area contributed by atoms with Crippen molar-refractivity contribution in [3.8, 4) is 11.5 Å². The molecule has 0 amide bonds. The fraction of sp³-hybridized carbons (Fsp3) is 0.500. The van der Waals surface area contributed by atoms with Crippen molar-refractivity contribution in [2.24, 2.45) is 0 Å². The molecule has 0 atom stereocenters. The maximum absolute atomic E-state index is 12.0. The second-order valence-electron chi connectivity index (χ2n) is 4.02. The monoisotopic (exact) mass is 314 g/mol. The van der Waals surface area contributed by atoms with Crippen molar-refractivity contribution < 1.29 is 14.3 Å². The number of alkyl halides is 1. The van der Waals surface area contributed by atoms with Gasteiger partial charge in [-0.2, -0.15) is 0 Å². The smallest absolute Gasteiger partial charge is 0.163 e. The summed E-state index contributed by atoms with van der Waals surface area (Å²) in [5.74, 6) is 1.44. The van der Waals surface area contributed by atoms with Crippen LogP contribution in [-0.4, -0.2) is 25.3 Å². The van der Waals surface area contributed by atoms with Crippen LogP contribution in [0.4, 0.5) is 0 Å². The lowest BCUT2D eigenvalue weighted by atomic mass is 10.0. The van der Waals surface area contributed by atoms with Gasteiger partial charge in [-0.05, 0) is 25.0 Å². The van der Waals surface area contributed by atoms with Crippen molar-refractivity contribution in [3.63, 3.8) is 0 Å². The van der Waals surface area contributed by atoms with E-state index in [4.69, 9.17) is 9.47 Å². The lowest BCUT2D eigenvalue weighted by Crippen LogP contribution is -2.00. The summed E-state index contributed by atoms with van der Waals surface area (Å²) in [5, 5.41) is 0.994. The van der Waals surface area contributed by atoms with Crippen LogP contribution < -0.4 is 9.47 Å². The second kappa shape index (κ2) is 8.14. The molecule has 0 aromatic heterocycles. The number of Topliss-reactive ketones (excluding diaryl/α,β-unsaturated/α-hetero) is 1. The van der Waals surface area contributed by atoms with Crippen LogP contribution in [0.25, 0.3) is 0 Å². The number of carbonyl (C=O) groups is 1. The largest absolute Gasteiger partial charge is 0.497 e. The number of unbranched alkanes of at least 4 members (excludes halogenated alkanes) is 2. The highest BCUT2D eigenvalue weighted by molar-refractivity contribution is 9.09. The molecule has 0 bridgehead atoms. The molecule has 1 aromatic rings. The second-order valence-corrected chi connectivity index (χ2v) is 4.82. The summed E-state index contributed by atoms with van der Waals surface area (Å²) in [4.78, 5) is 12.0. The summed E-state index contributed by atoms with van der Waals surface area (Å²) < 4.78 is 10.3. The van der Waals surface area contributed by atoms with Crippen LogP contribution in [0.2, 0.25) is 0 Å². The number of methoxy groups -OCH3 is 2. The van der Waals surface area contributed by atoms with Gasteiger partial charge in [0.15, 0.2) is 5.78 Å². The van der Waals surface area contributed by atoms with Crippen molar-refractivity contribution in [1.29, 1.82) is 0 Å². The highest BCUT2D eigenvalue weighted by Gasteiger charge is 2.09. The topological polar surface area (TPSA) is 35.5 Å². The predicted octanol–water partition coefficient (Wildman–Crippen LogP) is 3.84. The van der Waals surface area contributed by atoms with Crippen molar-refractivity contribution in [2.75, 3.05) is 19.5 Å². The van der Waals surface area contributed by atoms with E-state index >= 15 is 0 Å². The first-order valence-corrected chi connectivity index (χ1v) is 7.15. The van der Waals surface area contributed by atoms with Crippen molar-refractivity contribution in [1.82, 2.24) is 0 Å². The first-order valence-electron chi connectivity index (χ1n) is 6.03. The Bertz CT molecular complexity index is 368. The van der Waals surface area contributed by atoms with E-state index in [1.165, 1.54) is 0 Å². The Kier molecular flexibility index (Phi) is 6.80. The van der Waals surface area contributed by atoms with E-state index < -0.39 is 0 Å². The lowest BCUT2D eigenvalue weighted by molar-refractivity contribution is 0.0978. The van der Waals surface area contributed by atoms with E-state index in [0.717, 1.165) is 24.6 Å². The van der Waals surface area contributed by atoms with Gasteiger partial charge in [-0.1, -0.05) is 22.4 Å². The number of ether oxygens (including phenoxy) is 2. The lowest BCUT2D eigenvalue weighted by Gasteiger charge is -2.07. The maximum Gasteiger partial charge on any atom is 0.163 e. The van der Waals surface area contributed by atoms with E-state index in [-0.39, 0.29) is 5.78 Å². The van der Waals surface area contributed by atoms with E-state index in [2.05, 4.69) is 15.9 Å². The SMILES string of the molecule is COc1cc(OC)cc(C(=O)CCCCCBr)c1. The Balaban J connectivity index is 2.66. The molecule has 3 nitrogen and oxygen atoms in total. The normalized spacial score (nSPS) is 10.2.